The molecule has 2 aliphatic rings. The van der Waals surface area contributed by atoms with Gasteiger partial charge in [-0.15, -0.1) is 0 Å². The summed E-state index contributed by atoms with van der Waals surface area (Å²) in [6.07, 6.45) is 2.57. The fourth-order valence-corrected chi connectivity index (χ4v) is 6.64. The van der Waals surface area contributed by atoms with Crippen LogP contribution in [0.2, 0.25) is 0 Å². The Morgan fingerprint density at radius 3 is 2.68 bits per heavy atom. The Balaban J connectivity index is 1.50. The molecule has 2 aliphatic heterocycles. The lowest BCUT2D eigenvalue weighted by Gasteiger charge is -2.24. The number of carbonyl (C=O) groups is 2. The molecule has 1 fully saturated rings. The maximum atomic E-state index is 13.8. The van der Waals surface area contributed by atoms with E-state index in [2.05, 4.69) is 6.92 Å². The van der Waals surface area contributed by atoms with Gasteiger partial charge in [-0.1, -0.05) is 30.7 Å². The minimum atomic E-state index is -0.969. The lowest BCUT2D eigenvalue weighted by Crippen LogP contribution is -2.29. The van der Waals surface area contributed by atoms with E-state index in [0.717, 1.165) is 28.9 Å². The zero-order chi connectivity index (χ0) is 31.0. The Kier molecular flexibility index (Phi) is 8.18. The first-order valence-electron chi connectivity index (χ1n) is 14.8. The number of benzene rings is 3. The Bertz CT molecular complexity index is 1780. The molecule has 1 saturated heterocycles. The van der Waals surface area contributed by atoms with E-state index in [1.54, 1.807) is 37.4 Å². The van der Waals surface area contributed by atoms with Gasteiger partial charge in [-0.05, 0) is 79.9 Å². The van der Waals surface area contributed by atoms with Crippen LogP contribution in [0.3, 0.4) is 0 Å². The number of hydrogen-bond donors (Lipinski definition) is 1. The van der Waals surface area contributed by atoms with Gasteiger partial charge in [0.1, 0.15) is 23.4 Å². The van der Waals surface area contributed by atoms with Crippen molar-refractivity contribution in [2.45, 2.75) is 52.2 Å². The minimum absolute atomic E-state index is 0.0146. The largest absolute Gasteiger partial charge is 0.507 e. The number of rotatable bonds is 10. The number of anilines is 1. The van der Waals surface area contributed by atoms with Crippen molar-refractivity contribution >= 4 is 44.1 Å². The Morgan fingerprint density at radius 2 is 1.91 bits per heavy atom. The first-order valence-corrected chi connectivity index (χ1v) is 15.6. The average Bonchev–Trinajstić information content (AvgIpc) is 3.69. The first kappa shape index (κ1) is 29.5. The number of aliphatic hydroxyl groups excluding tert-OH is 1. The molecule has 1 N–H and O–H groups in total. The standard InChI is InChI=1S/C34H34N2O7S/c1-5-7-14-42-26-13-8-20(17-27(26)40-4)30-29(31(37)21-9-12-25-22(16-21)15-19(3)43-25)32(38)33(39)36(30)34-35-24-11-10-23(41-6-2)18-28(24)44-34/h8-13,16-19,30,37H,5-7,14-15H2,1-4H3/t19-,30+/m1/s1. The summed E-state index contributed by atoms with van der Waals surface area (Å²) in [4.78, 5) is 33.7. The smallest absolute Gasteiger partial charge is 0.301 e. The van der Waals surface area contributed by atoms with E-state index in [1.807, 2.05) is 38.1 Å². The predicted octanol–water partition coefficient (Wildman–Crippen LogP) is 6.83. The highest BCUT2D eigenvalue weighted by atomic mass is 32.1. The van der Waals surface area contributed by atoms with Crippen molar-refractivity contribution in [2.75, 3.05) is 25.2 Å². The second kappa shape index (κ2) is 12.2. The highest BCUT2D eigenvalue weighted by Crippen LogP contribution is 2.46. The van der Waals surface area contributed by atoms with E-state index in [4.69, 9.17) is 23.9 Å². The number of ether oxygens (including phenoxy) is 4. The number of amides is 1. The van der Waals surface area contributed by atoms with Gasteiger partial charge in [0.05, 0.1) is 42.2 Å². The fourth-order valence-electron chi connectivity index (χ4n) is 5.62. The second-order valence-corrected chi connectivity index (χ2v) is 11.8. The molecule has 0 radical (unpaired) electrons. The number of ketones is 1. The summed E-state index contributed by atoms with van der Waals surface area (Å²) in [5, 5.41) is 12.0. The Hall–Kier alpha value is -4.57. The summed E-state index contributed by atoms with van der Waals surface area (Å²) in [6, 6.07) is 15.2. The summed E-state index contributed by atoms with van der Waals surface area (Å²) in [6.45, 7) is 7.01. The molecule has 1 aromatic heterocycles. The van der Waals surface area contributed by atoms with Gasteiger partial charge in [0.15, 0.2) is 16.6 Å². The third kappa shape index (κ3) is 5.34. The van der Waals surface area contributed by atoms with Gasteiger partial charge >= 0.3 is 5.91 Å². The lowest BCUT2D eigenvalue weighted by atomic mass is 9.94. The van der Waals surface area contributed by atoms with Gasteiger partial charge in [-0.25, -0.2) is 4.98 Å². The van der Waals surface area contributed by atoms with Crippen LogP contribution < -0.4 is 23.8 Å². The molecule has 44 heavy (non-hydrogen) atoms. The molecule has 0 spiro atoms. The van der Waals surface area contributed by atoms with Crippen molar-refractivity contribution < 1.29 is 33.6 Å². The summed E-state index contributed by atoms with van der Waals surface area (Å²) in [5.41, 5.74) is 2.57. The van der Waals surface area contributed by atoms with Gasteiger partial charge in [0, 0.05) is 12.0 Å². The van der Waals surface area contributed by atoms with Crippen molar-refractivity contribution in [2.24, 2.45) is 0 Å². The zero-order valence-corrected chi connectivity index (χ0v) is 25.9. The average molecular weight is 615 g/mol. The summed E-state index contributed by atoms with van der Waals surface area (Å²) in [7, 11) is 1.54. The molecular formula is C34H34N2O7S. The number of aromatic nitrogens is 1. The van der Waals surface area contributed by atoms with Crippen LogP contribution in [0, 0.1) is 0 Å². The molecule has 10 heteroatoms. The van der Waals surface area contributed by atoms with Gasteiger partial charge in [-0.2, -0.15) is 0 Å². The number of carbonyl (C=O) groups excluding carboxylic acids is 2. The van der Waals surface area contributed by atoms with E-state index >= 15 is 0 Å². The zero-order valence-electron chi connectivity index (χ0n) is 25.1. The van der Waals surface area contributed by atoms with Gasteiger partial charge in [-0.3, -0.25) is 14.5 Å². The molecule has 0 unspecified atom stereocenters. The minimum Gasteiger partial charge on any atom is -0.507 e. The van der Waals surface area contributed by atoms with Crippen molar-refractivity contribution in [1.82, 2.24) is 4.98 Å². The molecule has 3 aromatic carbocycles. The third-order valence-electron chi connectivity index (χ3n) is 7.74. The number of nitrogens with zero attached hydrogens (tertiary/aromatic N) is 2. The van der Waals surface area contributed by atoms with Crippen LogP contribution >= 0.6 is 11.3 Å². The number of Topliss-reactive ketones (excluding diaryl/α,β-unsaturated/α-hetero) is 1. The molecule has 6 rings (SSSR count). The van der Waals surface area contributed by atoms with Crippen LogP contribution in [-0.2, 0) is 16.0 Å². The SMILES string of the molecule is CCCCOc1ccc([C@H]2C(=C(O)c3ccc4c(c3)C[C@@H](C)O4)C(=O)C(=O)N2c2nc3ccc(OCC)cc3s2)cc1OC. The normalized spacial score (nSPS) is 18.9. The van der Waals surface area contributed by atoms with E-state index in [-0.39, 0.29) is 17.4 Å². The molecule has 3 heterocycles. The van der Waals surface area contributed by atoms with Gasteiger partial charge < -0.3 is 24.1 Å². The van der Waals surface area contributed by atoms with Crippen LogP contribution in [0.4, 0.5) is 5.13 Å². The van der Waals surface area contributed by atoms with E-state index in [1.165, 1.54) is 16.2 Å². The summed E-state index contributed by atoms with van der Waals surface area (Å²) in [5.74, 6) is 0.606. The maximum absolute atomic E-state index is 13.8. The number of hydrogen-bond acceptors (Lipinski definition) is 9. The molecule has 1 amide bonds. The monoisotopic (exact) mass is 614 g/mol. The third-order valence-corrected chi connectivity index (χ3v) is 8.76. The van der Waals surface area contributed by atoms with Crippen LogP contribution in [0.25, 0.3) is 16.0 Å². The van der Waals surface area contributed by atoms with Crippen LogP contribution in [0.15, 0.2) is 60.2 Å². The molecule has 0 bridgehead atoms. The van der Waals surface area contributed by atoms with Crippen molar-refractivity contribution in [3.63, 3.8) is 0 Å². The number of aliphatic hydroxyl groups is 1. The highest BCUT2D eigenvalue weighted by Gasteiger charge is 2.48. The number of thiazole rings is 1. The Morgan fingerprint density at radius 1 is 1.07 bits per heavy atom. The molecular weight excluding hydrogens is 580 g/mol. The van der Waals surface area contributed by atoms with Crippen LogP contribution in [0.1, 0.15) is 56.3 Å². The molecule has 0 aliphatic carbocycles. The second-order valence-electron chi connectivity index (χ2n) is 10.8. The Labute approximate surface area is 259 Å². The summed E-state index contributed by atoms with van der Waals surface area (Å²) >= 11 is 1.28. The molecule has 228 valence electrons. The van der Waals surface area contributed by atoms with Crippen LogP contribution in [-0.4, -0.2) is 48.2 Å². The number of fused-ring (bicyclic) bond motifs is 2. The van der Waals surface area contributed by atoms with Gasteiger partial charge in [0.2, 0.25) is 0 Å². The molecule has 2 atom stereocenters. The fraction of sp³-hybridized carbons (Fsp3) is 0.324. The quantitative estimate of drug-likeness (QED) is 0.0896. The molecule has 4 aromatic rings. The number of methoxy groups -OCH3 is 1. The predicted molar refractivity (Wildman–Crippen MR) is 169 cm³/mol. The topological polar surface area (TPSA) is 107 Å². The van der Waals surface area contributed by atoms with E-state index in [9.17, 15) is 14.7 Å². The summed E-state index contributed by atoms with van der Waals surface area (Å²) < 4.78 is 23.9. The lowest BCUT2D eigenvalue weighted by molar-refractivity contribution is -0.132. The van der Waals surface area contributed by atoms with Crippen molar-refractivity contribution in [3.8, 4) is 23.0 Å². The van der Waals surface area contributed by atoms with E-state index < -0.39 is 17.7 Å². The number of unbranched alkanes of at least 4 members (excludes halogenated alkanes) is 1. The van der Waals surface area contributed by atoms with Crippen LogP contribution in [0.5, 0.6) is 23.0 Å². The molecule has 9 nitrogen and oxygen atoms in total. The highest BCUT2D eigenvalue weighted by molar-refractivity contribution is 7.22. The van der Waals surface area contributed by atoms with Crippen molar-refractivity contribution in [1.29, 1.82) is 0 Å². The molecule has 0 saturated carbocycles. The van der Waals surface area contributed by atoms with E-state index in [0.29, 0.717) is 58.7 Å². The van der Waals surface area contributed by atoms with Gasteiger partial charge in [0.25, 0.3) is 5.78 Å². The maximum Gasteiger partial charge on any atom is 0.301 e. The van der Waals surface area contributed by atoms with Crippen molar-refractivity contribution in [3.05, 3.63) is 76.9 Å². The first-order chi connectivity index (χ1) is 21.3.